The first kappa shape index (κ1) is 21.9. The summed E-state index contributed by atoms with van der Waals surface area (Å²) in [5, 5.41) is 12.0. The second kappa shape index (κ2) is 9.02. The zero-order valence-electron chi connectivity index (χ0n) is 17.5. The van der Waals surface area contributed by atoms with E-state index >= 15 is 0 Å². The van der Waals surface area contributed by atoms with Crippen LogP contribution in [0.1, 0.15) is 22.3 Å². The molecule has 0 fully saturated rings. The van der Waals surface area contributed by atoms with Gasteiger partial charge in [-0.2, -0.15) is 0 Å². The molecule has 0 saturated heterocycles. The number of aliphatic hydroxyl groups is 1. The van der Waals surface area contributed by atoms with Crippen LogP contribution in [0.15, 0.2) is 72.8 Å². The van der Waals surface area contributed by atoms with E-state index in [1.165, 1.54) is 4.90 Å². The van der Waals surface area contributed by atoms with E-state index in [4.69, 9.17) is 21.1 Å². The Kier molecular flexibility index (Phi) is 6.17. The summed E-state index contributed by atoms with van der Waals surface area (Å²) in [6.45, 7) is 0.432. The van der Waals surface area contributed by atoms with Gasteiger partial charge in [0, 0.05) is 16.1 Å². The van der Waals surface area contributed by atoms with Crippen LogP contribution in [-0.2, 0) is 10.4 Å². The Bertz CT molecular complexity index is 1130. The van der Waals surface area contributed by atoms with Gasteiger partial charge in [-0.15, -0.1) is 0 Å². The first-order valence-corrected chi connectivity index (χ1v) is 10.5. The fourth-order valence-corrected chi connectivity index (χ4v) is 3.92. The fraction of sp³-hybridized carbons (Fsp3) is 0.200. The number of anilines is 1. The van der Waals surface area contributed by atoms with Gasteiger partial charge in [-0.25, -0.2) is 0 Å². The topological polar surface area (TPSA) is 76.1 Å². The first-order chi connectivity index (χ1) is 15.4. The van der Waals surface area contributed by atoms with Crippen LogP contribution in [0.4, 0.5) is 5.69 Å². The number of amides is 1. The summed E-state index contributed by atoms with van der Waals surface area (Å²) in [4.78, 5) is 27.6. The average molecular weight is 452 g/mol. The Morgan fingerprint density at radius 2 is 1.66 bits per heavy atom. The van der Waals surface area contributed by atoms with Gasteiger partial charge in [0.2, 0.25) is 0 Å². The number of Topliss-reactive ketones (excluding diaryl/α,β-unsaturated/α-hetero) is 1. The molecule has 1 aliphatic rings. The number of rotatable bonds is 8. The quantitative estimate of drug-likeness (QED) is 0.518. The lowest BCUT2D eigenvalue weighted by molar-refractivity contribution is -0.135. The fourth-order valence-electron chi connectivity index (χ4n) is 3.80. The molecule has 0 aliphatic carbocycles. The van der Waals surface area contributed by atoms with Crippen molar-refractivity contribution in [1.29, 1.82) is 0 Å². The molecule has 4 rings (SSSR count). The second-order valence-electron chi connectivity index (χ2n) is 7.47. The lowest BCUT2D eigenvalue weighted by atomic mass is 9.88. The van der Waals surface area contributed by atoms with Crippen LogP contribution >= 0.6 is 11.6 Å². The molecule has 3 aromatic rings. The van der Waals surface area contributed by atoms with E-state index in [-0.39, 0.29) is 25.4 Å². The molecule has 1 atom stereocenters. The van der Waals surface area contributed by atoms with Crippen LogP contribution in [0.5, 0.6) is 11.5 Å². The van der Waals surface area contributed by atoms with Gasteiger partial charge >= 0.3 is 0 Å². The highest BCUT2D eigenvalue weighted by Crippen LogP contribution is 2.42. The molecule has 0 radical (unpaired) electrons. The number of hydrogen-bond donors (Lipinski definition) is 1. The summed E-state index contributed by atoms with van der Waals surface area (Å²) in [5.41, 5.74) is -0.553. The molecule has 1 aliphatic heterocycles. The van der Waals surface area contributed by atoms with Gasteiger partial charge in [0.05, 0.1) is 25.8 Å². The third-order valence-corrected chi connectivity index (χ3v) is 5.72. The smallest absolute Gasteiger partial charge is 0.264 e. The van der Waals surface area contributed by atoms with Crippen LogP contribution < -0.4 is 14.4 Å². The predicted molar refractivity (Wildman–Crippen MR) is 122 cm³/mol. The largest absolute Gasteiger partial charge is 0.497 e. The van der Waals surface area contributed by atoms with Crippen LogP contribution in [-0.4, -0.2) is 37.1 Å². The molecular formula is C25H22ClNO5. The zero-order chi connectivity index (χ0) is 22.7. The summed E-state index contributed by atoms with van der Waals surface area (Å²) in [7, 11) is 1.54. The molecule has 0 aromatic heterocycles. The van der Waals surface area contributed by atoms with E-state index in [1.54, 1.807) is 79.9 Å². The molecule has 1 heterocycles. The van der Waals surface area contributed by atoms with Crippen molar-refractivity contribution in [1.82, 2.24) is 0 Å². The van der Waals surface area contributed by atoms with Gasteiger partial charge in [0.15, 0.2) is 11.4 Å². The van der Waals surface area contributed by atoms with Crippen molar-refractivity contribution < 1.29 is 24.2 Å². The van der Waals surface area contributed by atoms with E-state index in [0.29, 0.717) is 33.3 Å². The highest BCUT2D eigenvalue weighted by atomic mass is 35.5. The molecule has 3 aromatic carbocycles. The molecule has 7 heteroatoms. The van der Waals surface area contributed by atoms with Crippen LogP contribution in [0.2, 0.25) is 5.02 Å². The molecule has 1 unspecified atom stereocenters. The Labute approximate surface area is 191 Å². The van der Waals surface area contributed by atoms with Crippen molar-refractivity contribution >= 4 is 29.0 Å². The lowest BCUT2D eigenvalue weighted by Crippen LogP contribution is -2.43. The number of ether oxygens (including phenoxy) is 2. The van der Waals surface area contributed by atoms with E-state index in [1.807, 2.05) is 0 Å². The van der Waals surface area contributed by atoms with Crippen molar-refractivity contribution in [3.8, 4) is 11.5 Å². The predicted octanol–water partition coefficient (Wildman–Crippen LogP) is 4.23. The van der Waals surface area contributed by atoms with Crippen molar-refractivity contribution in [3.63, 3.8) is 0 Å². The minimum Gasteiger partial charge on any atom is -0.497 e. The maximum atomic E-state index is 13.3. The molecular weight excluding hydrogens is 430 g/mol. The number of carbonyl (C=O) groups is 2. The molecule has 164 valence electrons. The number of halogens is 1. The molecule has 32 heavy (non-hydrogen) atoms. The van der Waals surface area contributed by atoms with Gasteiger partial charge in [-0.05, 0) is 54.6 Å². The van der Waals surface area contributed by atoms with E-state index in [9.17, 15) is 14.7 Å². The standard InChI is InChI=1S/C25H22ClNO5/c1-31-19-10-6-17(7-11-19)23(28)16-25(30)21-4-2-3-5-22(21)27(24(25)29)14-15-32-20-12-8-18(26)9-13-20/h2-13,30H,14-16H2,1H3. The normalized spacial score (nSPS) is 17.2. The van der Waals surface area contributed by atoms with Crippen LogP contribution in [0.25, 0.3) is 0 Å². The van der Waals surface area contributed by atoms with Gasteiger partial charge < -0.3 is 19.5 Å². The lowest BCUT2D eigenvalue weighted by Gasteiger charge is -2.23. The maximum Gasteiger partial charge on any atom is 0.264 e. The summed E-state index contributed by atoms with van der Waals surface area (Å²) < 4.78 is 10.8. The zero-order valence-corrected chi connectivity index (χ0v) is 18.2. The van der Waals surface area contributed by atoms with Crippen molar-refractivity contribution in [3.05, 3.63) is 88.9 Å². The van der Waals surface area contributed by atoms with E-state index < -0.39 is 11.5 Å². The Balaban J connectivity index is 1.51. The summed E-state index contributed by atoms with van der Waals surface area (Å²) in [6.07, 6.45) is -0.357. The van der Waals surface area contributed by atoms with Gasteiger partial charge in [0.25, 0.3) is 5.91 Å². The van der Waals surface area contributed by atoms with Crippen molar-refractivity contribution in [2.45, 2.75) is 12.0 Å². The molecule has 1 amide bonds. The van der Waals surface area contributed by atoms with Crippen LogP contribution in [0.3, 0.4) is 0 Å². The minimum atomic E-state index is -1.94. The number of ketones is 1. The maximum absolute atomic E-state index is 13.3. The molecule has 1 N–H and O–H groups in total. The highest BCUT2D eigenvalue weighted by molar-refractivity contribution is 6.30. The minimum absolute atomic E-state index is 0.213. The SMILES string of the molecule is COc1ccc(C(=O)CC2(O)C(=O)N(CCOc3ccc(Cl)cc3)c3ccccc32)cc1. The molecule has 0 bridgehead atoms. The average Bonchev–Trinajstić information content (AvgIpc) is 3.02. The molecule has 0 saturated carbocycles. The third kappa shape index (κ3) is 4.20. The molecule has 0 spiro atoms. The number of methoxy groups -OCH3 is 1. The van der Waals surface area contributed by atoms with Gasteiger partial charge in [-0.1, -0.05) is 29.8 Å². The second-order valence-corrected chi connectivity index (χ2v) is 7.90. The summed E-state index contributed by atoms with van der Waals surface area (Å²) in [6, 6.07) is 20.5. The Morgan fingerprint density at radius 3 is 2.34 bits per heavy atom. The number of hydrogen-bond acceptors (Lipinski definition) is 5. The molecule has 6 nitrogen and oxygen atoms in total. The van der Waals surface area contributed by atoms with E-state index in [0.717, 1.165) is 0 Å². The summed E-state index contributed by atoms with van der Waals surface area (Å²) in [5.74, 6) is 0.367. The van der Waals surface area contributed by atoms with E-state index in [2.05, 4.69) is 0 Å². The van der Waals surface area contributed by atoms with Gasteiger partial charge in [0.1, 0.15) is 18.1 Å². The number of nitrogens with zero attached hydrogens (tertiary/aromatic N) is 1. The Hall–Kier alpha value is -3.35. The van der Waals surface area contributed by atoms with Crippen LogP contribution in [0, 0.1) is 0 Å². The first-order valence-electron chi connectivity index (χ1n) is 10.1. The highest BCUT2D eigenvalue weighted by Gasteiger charge is 2.50. The number of fused-ring (bicyclic) bond motifs is 1. The number of carbonyl (C=O) groups excluding carboxylic acids is 2. The third-order valence-electron chi connectivity index (χ3n) is 5.47. The Morgan fingerprint density at radius 1 is 1.00 bits per heavy atom. The summed E-state index contributed by atoms with van der Waals surface area (Å²) >= 11 is 5.89. The number of para-hydroxylation sites is 1. The van der Waals surface area contributed by atoms with Crippen molar-refractivity contribution in [2.75, 3.05) is 25.2 Å². The van der Waals surface area contributed by atoms with Crippen molar-refractivity contribution in [2.24, 2.45) is 0 Å². The number of benzene rings is 3. The monoisotopic (exact) mass is 451 g/mol. The van der Waals surface area contributed by atoms with Gasteiger partial charge in [-0.3, -0.25) is 9.59 Å².